The Balaban J connectivity index is 1.80. The lowest BCUT2D eigenvalue weighted by Gasteiger charge is -2.27. The molecule has 3 rings (SSSR count). The summed E-state index contributed by atoms with van der Waals surface area (Å²) in [6.07, 6.45) is 6.54. The average molecular weight is 473 g/mol. The van der Waals surface area contributed by atoms with Gasteiger partial charge in [-0.05, 0) is 54.0 Å². The van der Waals surface area contributed by atoms with E-state index in [0.717, 1.165) is 22.5 Å². The van der Waals surface area contributed by atoms with E-state index in [2.05, 4.69) is 13.0 Å². The molecule has 0 aromatic heterocycles. The van der Waals surface area contributed by atoms with Gasteiger partial charge in [-0.15, -0.1) is 0 Å². The van der Waals surface area contributed by atoms with Gasteiger partial charge in [-0.25, -0.2) is 13.2 Å². The van der Waals surface area contributed by atoms with Crippen LogP contribution in [0.1, 0.15) is 34.8 Å². The highest BCUT2D eigenvalue weighted by molar-refractivity contribution is 7.92. The van der Waals surface area contributed by atoms with E-state index in [9.17, 15) is 18.3 Å². The number of carbonyl (C=O) groups is 1. The third-order valence-corrected chi connectivity index (χ3v) is 7.15. The normalized spacial score (nSPS) is 19.8. The maximum atomic E-state index is 12.9. The molecule has 0 radical (unpaired) electrons. The Morgan fingerprint density at radius 3 is 2.52 bits per heavy atom. The van der Waals surface area contributed by atoms with E-state index in [1.165, 1.54) is 13.1 Å². The fraction of sp³-hybridized carbons (Fsp3) is 0.400. The Labute approximate surface area is 195 Å². The molecule has 7 nitrogen and oxygen atoms in total. The fourth-order valence-electron chi connectivity index (χ4n) is 3.52. The number of aliphatic hydroxyl groups excluding tert-OH is 1. The zero-order valence-corrected chi connectivity index (χ0v) is 20.1. The lowest BCUT2D eigenvalue weighted by Crippen LogP contribution is -2.50. The van der Waals surface area contributed by atoms with Gasteiger partial charge in [0.05, 0.1) is 29.7 Å². The number of hydrogen-bond acceptors (Lipinski definition) is 6. The minimum absolute atomic E-state index is 0.186. The van der Waals surface area contributed by atoms with Crippen molar-refractivity contribution in [1.82, 2.24) is 0 Å². The number of nitrogens with zero attached hydrogens (tertiary/aromatic N) is 1. The predicted molar refractivity (Wildman–Crippen MR) is 130 cm³/mol. The van der Waals surface area contributed by atoms with Crippen molar-refractivity contribution in [3.05, 3.63) is 71.3 Å². The minimum Gasteiger partial charge on any atom is -0.460 e. The molecule has 3 N–H and O–H groups in total. The first-order valence-corrected chi connectivity index (χ1v) is 12.7. The van der Waals surface area contributed by atoms with E-state index in [1.54, 1.807) is 12.1 Å². The lowest BCUT2D eigenvalue weighted by molar-refractivity contribution is 0.0331. The van der Waals surface area contributed by atoms with Crippen molar-refractivity contribution in [2.75, 3.05) is 30.8 Å². The molecule has 1 saturated carbocycles. The summed E-state index contributed by atoms with van der Waals surface area (Å²) in [5.74, 6) is 0.495. The van der Waals surface area contributed by atoms with Crippen LogP contribution in [0.25, 0.3) is 6.08 Å². The summed E-state index contributed by atoms with van der Waals surface area (Å²) < 4.78 is 30.7. The quantitative estimate of drug-likeness (QED) is 0.515. The molecule has 1 fully saturated rings. The molecule has 1 aliphatic rings. The number of benzene rings is 2. The molecule has 3 unspecified atom stereocenters. The summed E-state index contributed by atoms with van der Waals surface area (Å²) in [6, 6.07) is 14.3. The first-order valence-electron chi connectivity index (χ1n) is 10.9. The third-order valence-electron chi connectivity index (χ3n) is 5.95. The van der Waals surface area contributed by atoms with Gasteiger partial charge < -0.3 is 15.6 Å². The van der Waals surface area contributed by atoms with E-state index in [0.29, 0.717) is 29.5 Å². The van der Waals surface area contributed by atoms with Gasteiger partial charge in [-0.1, -0.05) is 49.4 Å². The Kier molecular flexibility index (Phi) is 7.62. The van der Waals surface area contributed by atoms with Gasteiger partial charge in [-0.3, -0.25) is 4.31 Å². The van der Waals surface area contributed by atoms with Crippen molar-refractivity contribution in [2.24, 2.45) is 17.6 Å². The number of carbonyl (C=O) groups excluding carboxylic acids is 1. The number of hydrogen-bond donors (Lipinski definition) is 2. The molecule has 1 aliphatic carbocycles. The highest BCUT2D eigenvalue weighted by atomic mass is 32.2. The first kappa shape index (κ1) is 25.0. The molecule has 2 aromatic rings. The highest BCUT2D eigenvalue weighted by Gasteiger charge is 2.30. The molecule has 3 atom stereocenters. The second-order valence-corrected chi connectivity index (χ2v) is 11.1. The van der Waals surface area contributed by atoms with Crippen molar-refractivity contribution in [3.63, 3.8) is 0 Å². The summed E-state index contributed by atoms with van der Waals surface area (Å²) in [4.78, 5) is 12.9. The molecule has 0 saturated heterocycles. The number of nitrogens with two attached hydrogens (primary N) is 1. The van der Waals surface area contributed by atoms with Crippen LogP contribution in [0.3, 0.4) is 0 Å². The monoisotopic (exact) mass is 472 g/mol. The largest absolute Gasteiger partial charge is 0.460 e. The van der Waals surface area contributed by atoms with Gasteiger partial charge in [0.1, 0.15) is 6.61 Å². The van der Waals surface area contributed by atoms with E-state index in [4.69, 9.17) is 10.5 Å². The van der Waals surface area contributed by atoms with Crippen molar-refractivity contribution in [2.45, 2.75) is 25.3 Å². The van der Waals surface area contributed by atoms with Gasteiger partial charge in [0, 0.05) is 7.05 Å². The van der Waals surface area contributed by atoms with E-state index in [-0.39, 0.29) is 18.8 Å². The van der Waals surface area contributed by atoms with Gasteiger partial charge in [0.15, 0.2) is 0 Å². The van der Waals surface area contributed by atoms with Crippen LogP contribution in [0.2, 0.25) is 0 Å². The highest BCUT2D eigenvalue weighted by Crippen LogP contribution is 2.39. The van der Waals surface area contributed by atoms with E-state index >= 15 is 0 Å². The summed E-state index contributed by atoms with van der Waals surface area (Å²) in [5, 5.41) is 9.83. The zero-order chi connectivity index (χ0) is 24.2. The number of allylic oxidation sites excluding steroid dienone is 1. The topological polar surface area (TPSA) is 110 Å². The average Bonchev–Trinajstić information content (AvgIpc) is 3.50. The molecule has 0 spiro atoms. The summed E-state index contributed by atoms with van der Waals surface area (Å²) in [7, 11) is -2.08. The molecular formula is C25H32N2O5S. The van der Waals surface area contributed by atoms with Gasteiger partial charge in [0.25, 0.3) is 0 Å². The summed E-state index contributed by atoms with van der Waals surface area (Å²) >= 11 is 0. The summed E-state index contributed by atoms with van der Waals surface area (Å²) in [6.45, 7) is 1.62. The number of ether oxygens (including phenoxy) is 1. The predicted octanol–water partition coefficient (Wildman–Crippen LogP) is 2.84. The molecular weight excluding hydrogens is 440 g/mol. The Morgan fingerprint density at radius 2 is 1.94 bits per heavy atom. The lowest BCUT2D eigenvalue weighted by atomic mass is 9.93. The number of anilines is 1. The van der Waals surface area contributed by atoms with Crippen molar-refractivity contribution >= 4 is 27.8 Å². The van der Waals surface area contributed by atoms with Gasteiger partial charge in [-0.2, -0.15) is 0 Å². The number of aliphatic hydroxyl groups is 1. The van der Waals surface area contributed by atoms with Crippen LogP contribution in [0, 0.1) is 11.8 Å². The Hall–Kier alpha value is -2.68. The van der Waals surface area contributed by atoms with Crippen molar-refractivity contribution < 1.29 is 23.1 Å². The van der Waals surface area contributed by atoms with Crippen molar-refractivity contribution in [1.29, 1.82) is 0 Å². The van der Waals surface area contributed by atoms with Crippen LogP contribution >= 0.6 is 0 Å². The Bertz CT molecular complexity index is 1120. The molecule has 0 bridgehead atoms. The molecule has 0 heterocycles. The fourth-order valence-corrected chi connectivity index (χ4v) is 4.01. The van der Waals surface area contributed by atoms with Gasteiger partial charge in [0.2, 0.25) is 10.0 Å². The second-order valence-electron chi connectivity index (χ2n) is 9.04. The van der Waals surface area contributed by atoms with Crippen LogP contribution < -0.4 is 10.0 Å². The maximum Gasteiger partial charge on any atom is 0.338 e. The standard InChI is InChI=1S/C25H32N2O5S/c1-18-11-21(18)10-9-20-12-22(14-23(13-20)27(2)33(3,30)31)24(29)32-17-25(26,16-28)15-19-7-5-4-6-8-19/h4-10,12-14,18,21,28H,11,15-17,26H2,1-3H3/b10-9-. The van der Waals surface area contributed by atoms with Crippen LogP contribution in [-0.4, -0.2) is 51.5 Å². The van der Waals surface area contributed by atoms with Crippen LogP contribution in [0.5, 0.6) is 0 Å². The number of esters is 1. The zero-order valence-electron chi connectivity index (χ0n) is 19.3. The number of sulfonamides is 1. The van der Waals surface area contributed by atoms with Crippen LogP contribution in [0.15, 0.2) is 54.6 Å². The molecule has 8 heteroatoms. The van der Waals surface area contributed by atoms with E-state index < -0.39 is 21.5 Å². The number of rotatable bonds is 10. The first-order chi connectivity index (χ1) is 15.5. The summed E-state index contributed by atoms with van der Waals surface area (Å²) in [5.41, 5.74) is 7.36. The minimum atomic E-state index is -3.51. The SMILES string of the molecule is CC1CC1/C=C\c1cc(C(=O)OCC(N)(CO)Cc2ccccc2)cc(N(C)S(C)(=O)=O)c1. The van der Waals surface area contributed by atoms with Crippen LogP contribution in [-0.2, 0) is 21.2 Å². The van der Waals surface area contributed by atoms with E-state index in [1.807, 2.05) is 36.4 Å². The molecule has 33 heavy (non-hydrogen) atoms. The molecule has 0 amide bonds. The molecule has 0 aliphatic heterocycles. The van der Waals surface area contributed by atoms with Crippen molar-refractivity contribution in [3.8, 4) is 0 Å². The molecule has 178 valence electrons. The second kappa shape index (κ2) is 10.1. The third kappa shape index (κ3) is 6.90. The maximum absolute atomic E-state index is 12.9. The molecule has 2 aromatic carbocycles. The van der Waals surface area contributed by atoms with Crippen LogP contribution in [0.4, 0.5) is 5.69 Å². The Morgan fingerprint density at radius 1 is 1.27 bits per heavy atom. The van der Waals surface area contributed by atoms with Gasteiger partial charge >= 0.3 is 5.97 Å². The smallest absolute Gasteiger partial charge is 0.338 e.